The first-order valence-electron chi connectivity index (χ1n) is 38.7. The van der Waals surface area contributed by atoms with Crippen LogP contribution in [-0.4, -0.2) is 133 Å². The van der Waals surface area contributed by atoms with Gasteiger partial charge in [0, 0.05) is 146 Å². The standard InChI is InChI=1S/C24H21FN2O4S.C20H18BrFN2O4.2C18H11FN2O2S.C15H10BrFN2O2.5CH4/c1-24(2,3)31-23(29)27-13-17(21(28)15-7-5-8-18(30-4)20(15)25)16-11-14(12-26-22(16)27)19-9-6-10-32-19;1-20(2,3)28-19(26)24-10-14(13-8-11(21)9-23-18(13)24)17(25)12-6-5-7-15(27-4)16(12)22;2*19-16-11(3-1-4-14(16)22)17(23)13-9-21-18-12(13)7-10(8-20-18)15-5-2-6-24-15;1-21-12-4-2-3-9(13(12)17)14(20)11-7-19-15-10(11)5-8(16)6-18-15;;;;;/h5-13H,1-4H3;5-10H,1-4H3;2*1-9,22H,(H,20,21);2-7H,1H3,(H,18,19);5*1H4. The normalized spacial score (nSPS) is 10.8. The largest absolute Gasteiger partial charge is 0.505 e. The third-order valence-electron chi connectivity index (χ3n) is 19.4. The molecule has 0 aliphatic rings. The molecule has 13 heterocycles. The molecule has 0 radical (unpaired) electrons. The first-order valence-corrected chi connectivity index (χ1v) is 42.9. The minimum absolute atomic E-state index is 0. The number of ether oxygens (including phenoxy) is 5. The molecule has 0 aliphatic heterocycles. The number of hydrogen-bond acceptors (Lipinski definition) is 22. The molecule has 34 heteroatoms. The van der Waals surface area contributed by atoms with E-state index < -0.39 is 92.9 Å². The van der Waals surface area contributed by atoms with Gasteiger partial charge in [-0.2, -0.15) is 0 Å². The summed E-state index contributed by atoms with van der Waals surface area (Å²) in [4.78, 5) is 123. The quantitative estimate of drug-likeness (QED) is 0.0443. The molecule has 134 heavy (non-hydrogen) atoms. The molecular weight excluding hydrogens is 1920 g/mol. The SMILES string of the molecule is C.C.C.C.C.COc1cccc(C(=O)c2c[nH]c3ncc(Br)cc23)c1F.COc1cccc(C(=O)c2cn(C(=O)OC(C)(C)C)c3ncc(-c4cccs4)cc23)c1F.COc1cccc(C(=O)c2cn(C(=O)OC(C)(C)C)c3ncc(Br)cc23)c1F.O=C(c1cccc(O)c1F)c1c[nH]c2ncc(-c3cccs3)cc12.O=C(c1cccc(O)c1F)c1c[nH]c2ncc(-c3cccs3)cc12. The van der Waals surface area contributed by atoms with Gasteiger partial charge in [-0.05, 0) is 199 Å². The number of H-pyrrole nitrogens is 3. The number of pyridine rings is 5. The fraction of sp³-hybridized carbons (Fsp3) is 0.160. The van der Waals surface area contributed by atoms with Crippen molar-refractivity contribution in [3.05, 3.63) is 330 Å². The molecule has 0 aliphatic carbocycles. The molecule has 0 atom stereocenters. The highest BCUT2D eigenvalue weighted by atomic mass is 79.9. The van der Waals surface area contributed by atoms with Crippen LogP contribution in [-0.2, 0) is 9.47 Å². The Balaban J connectivity index is 0.000000188. The molecule has 692 valence electrons. The van der Waals surface area contributed by atoms with Crippen LogP contribution in [0.1, 0.15) is 158 Å². The summed E-state index contributed by atoms with van der Waals surface area (Å²) in [7, 11) is 4.01. The molecule has 18 rings (SSSR count). The number of benzene rings is 5. The first-order chi connectivity index (χ1) is 61.7. The maximum absolute atomic E-state index is 14.8. The summed E-state index contributed by atoms with van der Waals surface area (Å²) in [6.07, 6.45) is 14.1. The molecule has 0 unspecified atom stereocenters. The van der Waals surface area contributed by atoms with Gasteiger partial charge in [-0.15, -0.1) is 34.0 Å². The van der Waals surface area contributed by atoms with Crippen LogP contribution >= 0.6 is 65.9 Å². The van der Waals surface area contributed by atoms with Crippen molar-refractivity contribution >= 4 is 162 Å². The number of carbonyl (C=O) groups excluding carboxylic acids is 7. The van der Waals surface area contributed by atoms with Crippen LogP contribution in [0.15, 0.2) is 245 Å². The van der Waals surface area contributed by atoms with Crippen LogP contribution in [0.2, 0.25) is 0 Å². The Kier molecular flexibility index (Phi) is 33.7. The number of carbonyl (C=O) groups is 7. The molecule has 13 aromatic heterocycles. The van der Waals surface area contributed by atoms with Gasteiger partial charge < -0.3 is 48.8 Å². The summed E-state index contributed by atoms with van der Waals surface area (Å²) in [5.41, 5.74) is 3.86. The van der Waals surface area contributed by atoms with E-state index in [0.717, 1.165) is 40.4 Å². The predicted octanol–water partition coefficient (Wildman–Crippen LogP) is 26.5. The van der Waals surface area contributed by atoms with Crippen LogP contribution in [0.4, 0.5) is 31.5 Å². The third kappa shape index (κ3) is 22.1. The maximum Gasteiger partial charge on any atom is 0.420 e. The molecule has 5 N–H and O–H groups in total. The Hall–Kier alpha value is -14.5. The van der Waals surface area contributed by atoms with E-state index in [4.69, 9.17) is 23.7 Å². The topological polar surface area (TPSA) is 328 Å². The van der Waals surface area contributed by atoms with Crippen molar-refractivity contribution in [3.63, 3.8) is 0 Å². The lowest BCUT2D eigenvalue weighted by Crippen LogP contribution is -2.27. The molecule has 5 aromatic carbocycles. The summed E-state index contributed by atoms with van der Waals surface area (Å²) in [6.45, 7) is 10.4. The number of rotatable bonds is 16. The van der Waals surface area contributed by atoms with Crippen molar-refractivity contribution in [1.29, 1.82) is 0 Å². The summed E-state index contributed by atoms with van der Waals surface area (Å²) in [5.74, 6) is -7.75. The highest BCUT2D eigenvalue weighted by molar-refractivity contribution is 9.10. The van der Waals surface area contributed by atoms with E-state index in [1.54, 1.807) is 113 Å². The maximum atomic E-state index is 14.8. The van der Waals surface area contributed by atoms with E-state index in [-0.39, 0.29) is 105 Å². The number of phenolic OH excluding ortho intramolecular Hbond substituents is 2. The Labute approximate surface area is 795 Å². The highest BCUT2D eigenvalue weighted by Crippen LogP contribution is 2.38. The average molecular weight is 2010 g/mol. The number of methoxy groups -OCH3 is 3. The summed E-state index contributed by atoms with van der Waals surface area (Å²) >= 11 is 11.3. The van der Waals surface area contributed by atoms with E-state index in [9.17, 15) is 65.7 Å². The molecular formula is C100H91Br2F5N10O14S3. The van der Waals surface area contributed by atoms with E-state index in [1.807, 2.05) is 64.7 Å². The van der Waals surface area contributed by atoms with Crippen molar-refractivity contribution in [2.75, 3.05) is 21.3 Å². The van der Waals surface area contributed by atoms with Gasteiger partial charge in [0.05, 0.1) is 60.3 Å². The van der Waals surface area contributed by atoms with Gasteiger partial charge in [0.2, 0.25) is 0 Å². The van der Waals surface area contributed by atoms with Gasteiger partial charge in [-0.25, -0.2) is 65.6 Å². The van der Waals surface area contributed by atoms with Crippen molar-refractivity contribution in [2.24, 2.45) is 0 Å². The number of aromatic hydroxyl groups is 2. The fourth-order valence-electron chi connectivity index (χ4n) is 13.4. The third-order valence-corrected chi connectivity index (χ3v) is 23.0. The smallest absolute Gasteiger partial charge is 0.420 e. The second-order valence-electron chi connectivity index (χ2n) is 30.1. The Bertz CT molecular complexity index is 7190. The molecule has 0 spiro atoms. The van der Waals surface area contributed by atoms with Crippen LogP contribution in [0, 0.1) is 29.1 Å². The molecule has 18 aromatic rings. The van der Waals surface area contributed by atoms with Crippen LogP contribution in [0.5, 0.6) is 28.7 Å². The van der Waals surface area contributed by atoms with E-state index in [0.29, 0.717) is 65.0 Å². The molecule has 0 saturated heterocycles. The second kappa shape index (κ2) is 43.7. The monoisotopic (exact) mass is 2000 g/mol. The van der Waals surface area contributed by atoms with E-state index >= 15 is 0 Å². The average Bonchev–Trinajstić information content (AvgIpc) is 1.61. The minimum atomic E-state index is -0.917. The zero-order chi connectivity index (χ0) is 92.0. The molecule has 0 fully saturated rings. The zero-order valence-corrected chi connectivity index (χ0v) is 74.9. The predicted molar refractivity (Wildman–Crippen MR) is 522 cm³/mol. The lowest BCUT2D eigenvalue weighted by atomic mass is 10.0. The van der Waals surface area contributed by atoms with Gasteiger partial charge in [0.25, 0.3) is 0 Å². The number of hydrogen-bond donors (Lipinski definition) is 5. The number of nitrogens with one attached hydrogen (secondary N) is 3. The van der Waals surface area contributed by atoms with Crippen molar-refractivity contribution in [1.82, 2.24) is 49.0 Å². The number of aromatic amines is 3. The number of fused-ring (bicyclic) bond motifs is 5. The van der Waals surface area contributed by atoms with Crippen LogP contribution in [0.3, 0.4) is 0 Å². The molecule has 0 saturated carbocycles. The van der Waals surface area contributed by atoms with Crippen molar-refractivity contribution in [2.45, 2.75) is 89.9 Å². The fourth-order valence-corrected chi connectivity index (χ4v) is 16.2. The van der Waals surface area contributed by atoms with E-state index in [2.05, 4.69) is 71.7 Å². The molecule has 0 bridgehead atoms. The minimum Gasteiger partial charge on any atom is -0.505 e. The van der Waals surface area contributed by atoms with Gasteiger partial charge in [-0.1, -0.05) is 85.7 Å². The first kappa shape index (κ1) is 103. The zero-order valence-electron chi connectivity index (χ0n) is 69.3. The summed E-state index contributed by atoms with van der Waals surface area (Å²) in [6, 6.07) is 41.7. The lowest BCUT2D eigenvalue weighted by Gasteiger charge is -2.19. The van der Waals surface area contributed by atoms with Gasteiger partial charge >= 0.3 is 12.2 Å². The second-order valence-corrected chi connectivity index (χ2v) is 34.8. The van der Waals surface area contributed by atoms with Crippen LogP contribution < -0.4 is 14.2 Å². The number of nitrogens with zero attached hydrogens (tertiary/aromatic N) is 7. The Morgan fingerprint density at radius 1 is 0.351 bits per heavy atom. The highest BCUT2D eigenvalue weighted by Gasteiger charge is 2.31. The summed E-state index contributed by atoms with van der Waals surface area (Å²) in [5, 5.41) is 27.5. The number of aromatic nitrogens is 10. The summed E-state index contributed by atoms with van der Waals surface area (Å²) < 4.78 is 101. The molecule has 0 amide bonds. The molecule has 24 nitrogen and oxygen atoms in total. The van der Waals surface area contributed by atoms with E-state index in [1.165, 1.54) is 159 Å². The van der Waals surface area contributed by atoms with Crippen molar-refractivity contribution < 1.29 is 89.4 Å². The van der Waals surface area contributed by atoms with Gasteiger partial charge in [0.1, 0.15) is 39.4 Å². The number of halogens is 7. The van der Waals surface area contributed by atoms with Crippen molar-refractivity contribution in [3.8, 4) is 60.1 Å². The van der Waals surface area contributed by atoms with Gasteiger partial charge in [-0.3, -0.25) is 24.0 Å². The number of thiophene rings is 3. The number of phenols is 2. The Morgan fingerprint density at radius 2 is 0.627 bits per heavy atom. The Morgan fingerprint density at radius 3 is 0.955 bits per heavy atom. The van der Waals surface area contributed by atoms with Gasteiger partial charge in [0.15, 0.2) is 86.7 Å². The van der Waals surface area contributed by atoms with Crippen LogP contribution in [0.25, 0.3) is 86.5 Å². The number of ketones is 5. The lowest BCUT2D eigenvalue weighted by molar-refractivity contribution is 0.0532.